The third-order valence-corrected chi connectivity index (χ3v) is 3.49. The summed E-state index contributed by atoms with van der Waals surface area (Å²) in [6.07, 6.45) is 4.24. The van der Waals surface area contributed by atoms with E-state index in [-0.39, 0.29) is 5.92 Å². The normalized spacial score (nSPS) is 41.6. The van der Waals surface area contributed by atoms with Gasteiger partial charge in [-0.05, 0) is 32.7 Å². The van der Waals surface area contributed by atoms with Gasteiger partial charge in [0.15, 0.2) is 0 Å². The molecule has 2 heterocycles. The lowest BCUT2D eigenvalue weighted by Gasteiger charge is -2.35. The van der Waals surface area contributed by atoms with E-state index >= 15 is 0 Å². The van der Waals surface area contributed by atoms with Crippen LogP contribution in [0.1, 0.15) is 25.7 Å². The van der Waals surface area contributed by atoms with E-state index < -0.39 is 5.97 Å². The Bertz CT molecular complexity index is 205. The Balaban J connectivity index is 2.14. The van der Waals surface area contributed by atoms with Crippen LogP contribution in [-0.4, -0.2) is 35.1 Å². The Morgan fingerprint density at radius 2 is 2.00 bits per heavy atom. The smallest absolute Gasteiger partial charge is 0.308 e. The minimum atomic E-state index is -0.604. The van der Waals surface area contributed by atoms with E-state index in [0.29, 0.717) is 12.1 Å². The van der Waals surface area contributed by atoms with Crippen LogP contribution in [0.5, 0.6) is 0 Å². The van der Waals surface area contributed by atoms with Crippen molar-refractivity contribution in [2.45, 2.75) is 37.8 Å². The Labute approximate surface area is 72.4 Å². The summed E-state index contributed by atoms with van der Waals surface area (Å²) in [6, 6.07) is 0.992. The number of carboxylic acid groups (broad SMARTS) is 1. The van der Waals surface area contributed by atoms with Crippen molar-refractivity contribution in [3.63, 3.8) is 0 Å². The molecule has 3 nitrogen and oxygen atoms in total. The molecule has 3 heteroatoms. The lowest BCUT2D eigenvalue weighted by atomic mass is 9.91. The molecule has 12 heavy (non-hydrogen) atoms. The zero-order valence-electron chi connectivity index (χ0n) is 7.36. The van der Waals surface area contributed by atoms with Crippen LogP contribution in [-0.2, 0) is 4.79 Å². The minimum Gasteiger partial charge on any atom is -0.481 e. The van der Waals surface area contributed by atoms with Crippen LogP contribution in [0.2, 0.25) is 0 Å². The van der Waals surface area contributed by atoms with Crippen LogP contribution in [0.15, 0.2) is 0 Å². The molecule has 1 N–H and O–H groups in total. The highest BCUT2D eigenvalue weighted by Crippen LogP contribution is 2.37. The van der Waals surface area contributed by atoms with E-state index in [1.807, 2.05) is 0 Å². The second kappa shape index (κ2) is 2.73. The van der Waals surface area contributed by atoms with E-state index in [1.54, 1.807) is 0 Å². The highest BCUT2D eigenvalue weighted by atomic mass is 16.4. The maximum atomic E-state index is 10.9. The first-order valence-electron chi connectivity index (χ1n) is 4.65. The summed E-state index contributed by atoms with van der Waals surface area (Å²) in [5, 5.41) is 8.95. The highest BCUT2D eigenvalue weighted by molar-refractivity contribution is 5.71. The van der Waals surface area contributed by atoms with Crippen molar-refractivity contribution in [3.05, 3.63) is 0 Å². The summed E-state index contributed by atoms with van der Waals surface area (Å²) in [4.78, 5) is 13.1. The lowest BCUT2D eigenvalue weighted by Crippen LogP contribution is -2.44. The lowest BCUT2D eigenvalue weighted by molar-refractivity contribution is -0.145. The molecule has 0 aromatic rings. The average molecular weight is 169 g/mol. The van der Waals surface area contributed by atoms with Gasteiger partial charge in [0.05, 0.1) is 5.92 Å². The molecular formula is C9H15NO2. The fraction of sp³-hybridized carbons (Fsp3) is 0.889. The van der Waals surface area contributed by atoms with Gasteiger partial charge in [-0.2, -0.15) is 0 Å². The molecule has 2 aliphatic heterocycles. The van der Waals surface area contributed by atoms with Crippen molar-refractivity contribution in [3.8, 4) is 0 Å². The first kappa shape index (κ1) is 8.05. The maximum Gasteiger partial charge on any atom is 0.308 e. The number of nitrogens with zero attached hydrogens (tertiary/aromatic N) is 1. The molecule has 2 aliphatic rings. The molecule has 3 atom stereocenters. The average Bonchev–Trinajstić information content (AvgIpc) is 2.32. The molecular weight excluding hydrogens is 154 g/mol. The molecule has 0 aromatic carbocycles. The number of piperidine rings is 1. The molecule has 68 valence electrons. The first-order chi connectivity index (χ1) is 5.70. The molecule has 2 saturated heterocycles. The molecule has 0 aliphatic carbocycles. The molecule has 0 spiro atoms. The third kappa shape index (κ3) is 1.04. The molecule has 2 rings (SSSR count). The largest absolute Gasteiger partial charge is 0.481 e. The first-order valence-corrected chi connectivity index (χ1v) is 4.65. The van der Waals surface area contributed by atoms with Gasteiger partial charge in [0, 0.05) is 12.1 Å². The number of rotatable bonds is 1. The summed E-state index contributed by atoms with van der Waals surface area (Å²) < 4.78 is 0. The number of hydrogen-bond acceptors (Lipinski definition) is 2. The summed E-state index contributed by atoms with van der Waals surface area (Å²) >= 11 is 0. The maximum absolute atomic E-state index is 10.9. The molecule has 2 fully saturated rings. The molecule has 3 unspecified atom stereocenters. The van der Waals surface area contributed by atoms with Crippen molar-refractivity contribution >= 4 is 5.97 Å². The van der Waals surface area contributed by atoms with Crippen LogP contribution in [0.3, 0.4) is 0 Å². The Morgan fingerprint density at radius 3 is 2.67 bits per heavy atom. The van der Waals surface area contributed by atoms with E-state index in [2.05, 4.69) is 11.9 Å². The van der Waals surface area contributed by atoms with Crippen molar-refractivity contribution < 1.29 is 9.90 Å². The van der Waals surface area contributed by atoms with Gasteiger partial charge in [0.1, 0.15) is 0 Å². The summed E-state index contributed by atoms with van der Waals surface area (Å²) in [6.45, 7) is 0. The van der Waals surface area contributed by atoms with Crippen molar-refractivity contribution in [2.75, 3.05) is 7.05 Å². The standard InChI is InChI=1S/C9H15NO2/c1-10-6-2-4-7(9(11)12)8(10)5-3-6/h6-8H,2-5H2,1H3,(H,11,12). The van der Waals surface area contributed by atoms with Gasteiger partial charge in [-0.25, -0.2) is 0 Å². The van der Waals surface area contributed by atoms with Crippen molar-refractivity contribution in [1.82, 2.24) is 4.90 Å². The molecule has 0 radical (unpaired) electrons. The number of hydrogen-bond donors (Lipinski definition) is 1. The van der Waals surface area contributed by atoms with Crippen molar-refractivity contribution in [2.24, 2.45) is 5.92 Å². The van der Waals surface area contributed by atoms with Gasteiger partial charge in [-0.15, -0.1) is 0 Å². The van der Waals surface area contributed by atoms with Gasteiger partial charge < -0.3 is 5.11 Å². The molecule has 0 saturated carbocycles. The Hall–Kier alpha value is -0.570. The number of carbonyl (C=O) groups is 1. The number of aliphatic carboxylic acids is 1. The van der Waals surface area contributed by atoms with Gasteiger partial charge in [-0.1, -0.05) is 0 Å². The summed E-state index contributed by atoms with van der Waals surface area (Å²) in [7, 11) is 2.07. The fourth-order valence-electron chi connectivity index (χ4n) is 2.73. The zero-order chi connectivity index (χ0) is 8.72. The van der Waals surface area contributed by atoms with E-state index in [4.69, 9.17) is 5.11 Å². The molecule has 0 amide bonds. The van der Waals surface area contributed by atoms with Crippen LogP contribution in [0.4, 0.5) is 0 Å². The topological polar surface area (TPSA) is 40.5 Å². The van der Waals surface area contributed by atoms with Gasteiger partial charge in [0.2, 0.25) is 0 Å². The second-order valence-electron chi connectivity index (χ2n) is 3.99. The number of carboxylic acids is 1. The van der Waals surface area contributed by atoms with Gasteiger partial charge >= 0.3 is 5.97 Å². The zero-order valence-corrected chi connectivity index (χ0v) is 7.36. The van der Waals surface area contributed by atoms with Crippen molar-refractivity contribution in [1.29, 1.82) is 0 Å². The summed E-state index contributed by atoms with van der Waals surface area (Å²) in [5.41, 5.74) is 0. The predicted molar refractivity (Wildman–Crippen MR) is 44.9 cm³/mol. The van der Waals surface area contributed by atoms with E-state index in [1.165, 1.54) is 6.42 Å². The van der Waals surface area contributed by atoms with Crippen LogP contribution in [0.25, 0.3) is 0 Å². The highest BCUT2D eigenvalue weighted by Gasteiger charge is 2.42. The molecule has 0 aromatic heterocycles. The van der Waals surface area contributed by atoms with Gasteiger partial charge in [-0.3, -0.25) is 9.69 Å². The van der Waals surface area contributed by atoms with Crippen LogP contribution < -0.4 is 0 Å². The van der Waals surface area contributed by atoms with Gasteiger partial charge in [0.25, 0.3) is 0 Å². The fourth-order valence-corrected chi connectivity index (χ4v) is 2.73. The van der Waals surface area contributed by atoms with Crippen LogP contribution >= 0.6 is 0 Å². The third-order valence-electron chi connectivity index (χ3n) is 3.49. The number of fused-ring (bicyclic) bond motifs is 2. The predicted octanol–water partition coefficient (Wildman–Crippen LogP) is 0.944. The van der Waals surface area contributed by atoms with E-state index in [9.17, 15) is 4.79 Å². The Kier molecular flexibility index (Phi) is 1.83. The van der Waals surface area contributed by atoms with Crippen LogP contribution in [0, 0.1) is 5.92 Å². The quantitative estimate of drug-likeness (QED) is 0.635. The summed E-state index contributed by atoms with van der Waals surface area (Å²) in [5.74, 6) is -0.707. The van der Waals surface area contributed by atoms with E-state index in [0.717, 1.165) is 19.3 Å². The SMILES string of the molecule is CN1C2CCC(C(=O)O)C1CC2. The monoisotopic (exact) mass is 169 g/mol. The minimum absolute atomic E-state index is 0.103. The Morgan fingerprint density at radius 1 is 1.33 bits per heavy atom. The molecule has 2 bridgehead atoms. The second-order valence-corrected chi connectivity index (χ2v) is 3.99.